The van der Waals surface area contributed by atoms with E-state index in [9.17, 15) is 47.0 Å². The summed E-state index contributed by atoms with van der Waals surface area (Å²) in [5.41, 5.74) is -6.74. The number of rotatable bonds is 10. The van der Waals surface area contributed by atoms with Crippen LogP contribution in [0.2, 0.25) is 0 Å². The second-order valence-corrected chi connectivity index (χ2v) is 5.15. The van der Waals surface area contributed by atoms with Crippen LogP contribution in [-0.4, -0.2) is 68.4 Å². The van der Waals surface area contributed by atoms with Gasteiger partial charge in [0.15, 0.2) is 0 Å². The van der Waals surface area contributed by atoms with E-state index >= 15 is 0 Å². The van der Waals surface area contributed by atoms with E-state index in [2.05, 4.69) is 4.74 Å². The van der Waals surface area contributed by atoms with E-state index in [0.717, 1.165) is 0 Å². The Kier molecular flexibility index (Phi) is 7.92. The van der Waals surface area contributed by atoms with Crippen molar-refractivity contribution in [2.75, 3.05) is 0 Å². The summed E-state index contributed by atoms with van der Waals surface area (Å²) >= 11 is 0. The molecule has 0 amide bonds. The van der Waals surface area contributed by atoms with E-state index in [4.69, 9.17) is 10.2 Å². The van der Waals surface area contributed by atoms with Crippen molar-refractivity contribution in [3.05, 3.63) is 0 Å². The van der Waals surface area contributed by atoms with E-state index in [1.54, 1.807) is 0 Å². The maximum atomic E-state index is 12.7. The van der Waals surface area contributed by atoms with E-state index < -0.39 is 73.6 Å². The number of carbonyl (C=O) groups excluding carboxylic acids is 2. The molecule has 0 aromatic heterocycles. The molecule has 0 heterocycles. The lowest BCUT2D eigenvalue weighted by molar-refractivity contribution is -0.177. The first-order valence-electron chi connectivity index (χ1n) is 6.40. The number of aliphatic carboxylic acids is 2. The third-order valence-electron chi connectivity index (χ3n) is 2.86. The first-order valence-corrected chi connectivity index (χ1v) is 6.40. The third kappa shape index (κ3) is 7.43. The zero-order valence-corrected chi connectivity index (χ0v) is 12.3. The monoisotopic (exact) mass is 378 g/mol. The maximum absolute atomic E-state index is 12.7. The summed E-state index contributed by atoms with van der Waals surface area (Å²) in [6, 6.07) is 0. The standard InChI is InChI=1S/C12H14F4O9/c13-9(14)11(23,1-5(17)18)3-7(21)25-8(22)4-12(24,10(15)16)2-6(19)20/h9-10,23-24H,1-4H2,(H,17,18)(H,19,20). The minimum Gasteiger partial charge on any atom is -0.481 e. The van der Waals surface area contributed by atoms with Crippen molar-refractivity contribution in [3.8, 4) is 0 Å². The molecule has 0 fully saturated rings. The molecule has 2 atom stereocenters. The maximum Gasteiger partial charge on any atom is 0.316 e. The van der Waals surface area contributed by atoms with Crippen molar-refractivity contribution in [2.24, 2.45) is 0 Å². The Morgan fingerprint density at radius 2 is 1.00 bits per heavy atom. The zero-order valence-electron chi connectivity index (χ0n) is 12.3. The molecule has 144 valence electrons. The van der Waals surface area contributed by atoms with Gasteiger partial charge in [-0.2, -0.15) is 0 Å². The fourth-order valence-electron chi connectivity index (χ4n) is 1.66. The number of hydrogen-bond acceptors (Lipinski definition) is 7. The van der Waals surface area contributed by atoms with Gasteiger partial charge in [-0.1, -0.05) is 0 Å². The Bertz CT molecular complexity index is 493. The summed E-state index contributed by atoms with van der Waals surface area (Å²) in [5, 5.41) is 35.6. The van der Waals surface area contributed by atoms with Crippen LogP contribution in [0.1, 0.15) is 25.7 Å². The van der Waals surface area contributed by atoms with Crippen LogP contribution in [0.4, 0.5) is 17.6 Å². The fourth-order valence-corrected chi connectivity index (χ4v) is 1.66. The Labute approximate surface area is 136 Å². The smallest absolute Gasteiger partial charge is 0.316 e. The molecule has 0 rings (SSSR count). The number of carboxylic acids is 2. The molecule has 0 aliphatic rings. The van der Waals surface area contributed by atoms with E-state index in [0.29, 0.717) is 0 Å². The van der Waals surface area contributed by atoms with E-state index in [1.165, 1.54) is 0 Å². The number of alkyl halides is 4. The molecule has 0 bridgehead atoms. The van der Waals surface area contributed by atoms with Gasteiger partial charge in [0, 0.05) is 0 Å². The van der Waals surface area contributed by atoms with Crippen molar-refractivity contribution in [2.45, 2.75) is 49.7 Å². The summed E-state index contributed by atoms with van der Waals surface area (Å²) < 4.78 is 54.5. The molecular formula is C12H14F4O9. The number of ether oxygens (including phenoxy) is 1. The Morgan fingerprint density at radius 1 is 0.720 bits per heavy atom. The van der Waals surface area contributed by atoms with Gasteiger partial charge in [0.25, 0.3) is 12.9 Å². The zero-order chi connectivity index (χ0) is 20.0. The second-order valence-electron chi connectivity index (χ2n) is 5.15. The van der Waals surface area contributed by atoms with Gasteiger partial charge in [0.05, 0.1) is 25.7 Å². The van der Waals surface area contributed by atoms with Crippen molar-refractivity contribution in [1.82, 2.24) is 0 Å². The predicted octanol–water partition coefficient (Wildman–Crippen LogP) is -0.222. The number of carboxylic acid groups (broad SMARTS) is 2. The van der Waals surface area contributed by atoms with Crippen LogP contribution >= 0.6 is 0 Å². The molecule has 0 aromatic rings. The highest BCUT2D eigenvalue weighted by Crippen LogP contribution is 2.27. The molecule has 0 saturated heterocycles. The molecule has 0 spiro atoms. The summed E-state index contributed by atoms with van der Waals surface area (Å²) in [7, 11) is 0. The average Bonchev–Trinajstić information content (AvgIpc) is 2.34. The van der Waals surface area contributed by atoms with Crippen molar-refractivity contribution in [1.29, 1.82) is 0 Å². The molecule has 25 heavy (non-hydrogen) atoms. The van der Waals surface area contributed by atoms with Crippen LogP contribution in [0.25, 0.3) is 0 Å². The molecule has 0 saturated carbocycles. The lowest BCUT2D eigenvalue weighted by Gasteiger charge is -2.25. The van der Waals surface area contributed by atoms with Crippen LogP contribution in [0.5, 0.6) is 0 Å². The summed E-state index contributed by atoms with van der Waals surface area (Å²) in [5.74, 6) is -7.53. The summed E-state index contributed by atoms with van der Waals surface area (Å²) in [4.78, 5) is 43.4. The van der Waals surface area contributed by atoms with Gasteiger partial charge in [-0.3, -0.25) is 19.2 Å². The molecule has 4 N–H and O–H groups in total. The number of esters is 2. The van der Waals surface area contributed by atoms with Gasteiger partial charge < -0.3 is 25.2 Å². The largest absolute Gasteiger partial charge is 0.481 e. The molecule has 0 aliphatic heterocycles. The molecular weight excluding hydrogens is 364 g/mol. The Hall–Kier alpha value is -2.28. The van der Waals surface area contributed by atoms with Crippen molar-refractivity contribution in [3.63, 3.8) is 0 Å². The minimum absolute atomic E-state index is 1.58. The SMILES string of the molecule is O=C(O)CC(O)(CC(=O)OC(=O)CC(O)(CC(=O)O)C(F)F)C(F)F. The minimum atomic E-state index is -3.71. The van der Waals surface area contributed by atoms with Gasteiger partial charge in [0.2, 0.25) is 0 Å². The molecule has 0 radical (unpaired) electrons. The lowest BCUT2D eigenvalue weighted by Crippen LogP contribution is -2.44. The van der Waals surface area contributed by atoms with Gasteiger partial charge >= 0.3 is 23.9 Å². The highest BCUT2D eigenvalue weighted by molar-refractivity contribution is 5.87. The third-order valence-corrected chi connectivity index (χ3v) is 2.86. The fraction of sp³-hybridized carbons (Fsp3) is 0.667. The molecule has 13 heteroatoms. The van der Waals surface area contributed by atoms with Crippen LogP contribution < -0.4 is 0 Å². The Balaban J connectivity index is 4.96. The van der Waals surface area contributed by atoms with E-state index in [1.807, 2.05) is 0 Å². The first kappa shape index (κ1) is 22.7. The normalized spacial score (nSPS) is 16.2. The van der Waals surface area contributed by atoms with Crippen molar-refractivity contribution >= 4 is 23.9 Å². The average molecular weight is 378 g/mol. The number of carbonyl (C=O) groups is 4. The number of halogens is 4. The lowest BCUT2D eigenvalue weighted by atomic mass is 9.95. The summed E-state index contributed by atoms with van der Waals surface area (Å²) in [6.45, 7) is 0. The van der Waals surface area contributed by atoms with Gasteiger partial charge in [0.1, 0.15) is 11.2 Å². The number of hydrogen-bond donors (Lipinski definition) is 4. The molecule has 0 aromatic carbocycles. The van der Waals surface area contributed by atoms with Gasteiger partial charge in [-0.15, -0.1) is 0 Å². The van der Waals surface area contributed by atoms with Crippen LogP contribution in [0.15, 0.2) is 0 Å². The van der Waals surface area contributed by atoms with Gasteiger partial charge in [-0.05, 0) is 0 Å². The molecule has 9 nitrogen and oxygen atoms in total. The molecule has 0 aliphatic carbocycles. The second kappa shape index (κ2) is 8.71. The first-order chi connectivity index (χ1) is 11.2. The predicted molar refractivity (Wildman–Crippen MR) is 66.7 cm³/mol. The highest BCUT2D eigenvalue weighted by atomic mass is 19.3. The van der Waals surface area contributed by atoms with Crippen LogP contribution in [-0.2, 0) is 23.9 Å². The van der Waals surface area contributed by atoms with Crippen LogP contribution in [0.3, 0.4) is 0 Å². The van der Waals surface area contributed by atoms with Gasteiger partial charge in [-0.25, -0.2) is 17.6 Å². The summed E-state index contributed by atoms with van der Waals surface area (Å²) in [6.07, 6.45) is -13.9. The van der Waals surface area contributed by atoms with Crippen LogP contribution in [0, 0.1) is 0 Å². The van der Waals surface area contributed by atoms with E-state index in [-0.39, 0.29) is 0 Å². The Morgan fingerprint density at radius 3 is 1.20 bits per heavy atom. The topological polar surface area (TPSA) is 158 Å². The number of aliphatic hydroxyl groups is 2. The molecule has 2 unspecified atom stereocenters. The van der Waals surface area contributed by atoms with Crippen molar-refractivity contribution < 1.29 is 61.9 Å². The quantitative estimate of drug-likeness (QED) is 0.229. The highest BCUT2D eigenvalue weighted by Gasteiger charge is 2.45.